The number of aliphatic carboxylic acids is 1. The molecule has 2 aromatic rings. The van der Waals surface area contributed by atoms with Crippen molar-refractivity contribution in [3.05, 3.63) is 59.7 Å². The number of carbonyl (C=O) groups is 2. The number of hydrogen-bond donors (Lipinski definition) is 3. The molecule has 0 aliphatic rings. The van der Waals surface area contributed by atoms with Gasteiger partial charge in [-0.05, 0) is 48.2 Å². The highest BCUT2D eigenvalue weighted by Crippen LogP contribution is 2.14. The van der Waals surface area contributed by atoms with Crippen LogP contribution < -0.4 is 10.6 Å². The van der Waals surface area contributed by atoms with Gasteiger partial charge in [0.1, 0.15) is 9.84 Å². The molecule has 0 fully saturated rings. The molecule has 0 atom stereocenters. The Bertz CT molecular complexity index is 908. The van der Waals surface area contributed by atoms with Crippen molar-refractivity contribution in [1.82, 2.24) is 0 Å². The molecule has 0 saturated heterocycles. The van der Waals surface area contributed by atoms with Gasteiger partial charge in [-0.25, -0.2) is 13.2 Å². The fourth-order valence-electron chi connectivity index (χ4n) is 2.41. The van der Waals surface area contributed by atoms with Crippen LogP contribution in [-0.2, 0) is 27.5 Å². The standard InChI is InChI=1S/C19H22N2O5S/c1-27(25,26)12-11-14-5-8-16(9-6-14)20-19(24)21-17-4-2-3-15(13-17)7-10-18(22)23/h2-6,8-9,13H,7,10-12H2,1H3,(H,22,23)(H2,20,21,24). The Labute approximate surface area is 158 Å². The van der Waals surface area contributed by atoms with Crippen LogP contribution in [0.25, 0.3) is 0 Å². The van der Waals surface area contributed by atoms with Gasteiger partial charge in [0.25, 0.3) is 0 Å². The number of anilines is 2. The minimum Gasteiger partial charge on any atom is -0.481 e. The quantitative estimate of drug-likeness (QED) is 0.641. The first kappa shape index (κ1) is 20.4. The number of carbonyl (C=O) groups excluding carboxylic acids is 1. The molecular weight excluding hydrogens is 368 g/mol. The van der Waals surface area contributed by atoms with Gasteiger partial charge in [-0.2, -0.15) is 0 Å². The molecule has 0 bridgehead atoms. The highest BCUT2D eigenvalue weighted by molar-refractivity contribution is 7.90. The van der Waals surface area contributed by atoms with Crippen LogP contribution >= 0.6 is 0 Å². The summed E-state index contributed by atoms with van der Waals surface area (Å²) < 4.78 is 22.4. The Balaban J connectivity index is 1.90. The van der Waals surface area contributed by atoms with Crippen LogP contribution in [0.1, 0.15) is 17.5 Å². The van der Waals surface area contributed by atoms with Crippen molar-refractivity contribution in [2.24, 2.45) is 0 Å². The number of aryl methyl sites for hydroxylation is 2. The Kier molecular flexibility index (Phi) is 6.95. The highest BCUT2D eigenvalue weighted by Gasteiger charge is 2.06. The van der Waals surface area contributed by atoms with Crippen LogP contribution in [-0.4, -0.2) is 37.5 Å². The van der Waals surface area contributed by atoms with E-state index in [0.29, 0.717) is 24.2 Å². The Morgan fingerprint density at radius 2 is 1.59 bits per heavy atom. The molecule has 8 heteroatoms. The third-order valence-electron chi connectivity index (χ3n) is 3.79. The molecule has 7 nitrogen and oxygen atoms in total. The second-order valence-electron chi connectivity index (χ2n) is 6.25. The smallest absolute Gasteiger partial charge is 0.323 e. The summed E-state index contributed by atoms with van der Waals surface area (Å²) in [5.74, 6) is -0.788. The predicted octanol–water partition coefficient (Wildman–Crippen LogP) is 2.93. The molecule has 2 amide bonds. The number of carboxylic acids is 1. The lowest BCUT2D eigenvalue weighted by atomic mass is 10.1. The predicted molar refractivity (Wildman–Crippen MR) is 105 cm³/mol. The average Bonchev–Trinajstić information content (AvgIpc) is 2.59. The minimum atomic E-state index is -3.01. The first-order valence-electron chi connectivity index (χ1n) is 8.37. The Hall–Kier alpha value is -2.87. The van der Waals surface area contributed by atoms with Gasteiger partial charge in [0.2, 0.25) is 0 Å². The normalized spacial score (nSPS) is 11.0. The maximum Gasteiger partial charge on any atom is 0.323 e. The minimum absolute atomic E-state index is 0.0291. The first-order chi connectivity index (χ1) is 12.7. The van der Waals surface area contributed by atoms with Gasteiger partial charge >= 0.3 is 12.0 Å². The summed E-state index contributed by atoms with van der Waals surface area (Å²) in [6.45, 7) is 0. The van der Waals surface area contributed by atoms with E-state index in [1.54, 1.807) is 48.5 Å². The van der Waals surface area contributed by atoms with Crippen molar-refractivity contribution in [1.29, 1.82) is 0 Å². The zero-order valence-electron chi connectivity index (χ0n) is 14.9. The van der Waals surface area contributed by atoms with Crippen molar-refractivity contribution in [3.8, 4) is 0 Å². The molecule has 0 saturated carbocycles. The molecular formula is C19H22N2O5S. The fraction of sp³-hybridized carbons (Fsp3) is 0.263. The number of urea groups is 1. The number of amides is 2. The van der Waals surface area contributed by atoms with Crippen LogP contribution in [0.4, 0.5) is 16.2 Å². The molecule has 0 radical (unpaired) electrons. The highest BCUT2D eigenvalue weighted by atomic mass is 32.2. The van der Waals surface area contributed by atoms with Gasteiger partial charge in [0.05, 0.1) is 5.75 Å². The van der Waals surface area contributed by atoms with E-state index in [2.05, 4.69) is 10.6 Å². The number of nitrogens with one attached hydrogen (secondary N) is 2. The van der Waals surface area contributed by atoms with Crippen molar-refractivity contribution in [2.75, 3.05) is 22.6 Å². The maximum absolute atomic E-state index is 12.1. The number of hydrogen-bond acceptors (Lipinski definition) is 4. The SMILES string of the molecule is CS(=O)(=O)CCc1ccc(NC(=O)Nc2cccc(CCC(=O)O)c2)cc1. The zero-order chi connectivity index (χ0) is 19.9. The van der Waals surface area contributed by atoms with Crippen molar-refractivity contribution in [2.45, 2.75) is 19.3 Å². The van der Waals surface area contributed by atoms with Gasteiger partial charge in [0, 0.05) is 24.1 Å². The van der Waals surface area contributed by atoms with Crippen molar-refractivity contribution < 1.29 is 23.1 Å². The monoisotopic (exact) mass is 390 g/mol. The molecule has 2 rings (SSSR count). The van der Waals surface area contributed by atoms with Gasteiger partial charge in [-0.15, -0.1) is 0 Å². The van der Waals surface area contributed by atoms with E-state index < -0.39 is 21.8 Å². The van der Waals surface area contributed by atoms with E-state index in [1.807, 2.05) is 0 Å². The molecule has 0 aromatic heterocycles. The molecule has 3 N–H and O–H groups in total. The van der Waals surface area contributed by atoms with E-state index in [1.165, 1.54) is 6.26 Å². The summed E-state index contributed by atoms with van der Waals surface area (Å²) >= 11 is 0. The number of benzene rings is 2. The zero-order valence-corrected chi connectivity index (χ0v) is 15.8. The van der Waals surface area contributed by atoms with Crippen molar-refractivity contribution in [3.63, 3.8) is 0 Å². The lowest BCUT2D eigenvalue weighted by molar-refractivity contribution is -0.136. The third-order valence-corrected chi connectivity index (χ3v) is 4.73. The molecule has 0 unspecified atom stereocenters. The van der Waals surface area contributed by atoms with Crippen molar-refractivity contribution >= 4 is 33.2 Å². The van der Waals surface area contributed by atoms with E-state index in [9.17, 15) is 18.0 Å². The fourth-order valence-corrected chi connectivity index (χ4v) is 3.01. The van der Waals surface area contributed by atoms with E-state index in [4.69, 9.17) is 5.11 Å². The largest absolute Gasteiger partial charge is 0.481 e. The average molecular weight is 390 g/mol. The molecule has 27 heavy (non-hydrogen) atoms. The van der Waals surface area contributed by atoms with E-state index in [-0.39, 0.29) is 12.2 Å². The summed E-state index contributed by atoms with van der Waals surface area (Å²) in [7, 11) is -3.01. The second kappa shape index (κ2) is 9.18. The first-order valence-corrected chi connectivity index (χ1v) is 10.4. The van der Waals surface area contributed by atoms with Gasteiger partial charge in [0.15, 0.2) is 0 Å². The lowest BCUT2D eigenvalue weighted by Gasteiger charge is -2.09. The Morgan fingerprint density at radius 3 is 2.22 bits per heavy atom. The molecule has 2 aromatic carbocycles. The van der Waals surface area contributed by atoms with Crippen LogP contribution in [0, 0.1) is 0 Å². The third kappa shape index (κ3) is 7.91. The summed E-state index contributed by atoms with van der Waals surface area (Å²) in [6.07, 6.45) is 2.04. The molecule has 0 aliphatic carbocycles. The molecule has 0 aliphatic heterocycles. The van der Waals surface area contributed by atoms with Crippen LogP contribution in [0.15, 0.2) is 48.5 Å². The Morgan fingerprint density at radius 1 is 0.926 bits per heavy atom. The summed E-state index contributed by atoms with van der Waals surface area (Å²) in [5.41, 5.74) is 2.85. The van der Waals surface area contributed by atoms with Gasteiger partial charge < -0.3 is 15.7 Å². The summed E-state index contributed by atoms with van der Waals surface area (Å²) in [5, 5.41) is 14.1. The summed E-state index contributed by atoms with van der Waals surface area (Å²) in [4.78, 5) is 22.7. The summed E-state index contributed by atoms with van der Waals surface area (Å²) in [6, 6.07) is 13.6. The maximum atomic E-state index is 12.1. The number of rotatable bonds is 8. The number of sulfone groups is 1. The van der Waals surface area contributed by atoms with Crippen LogP contribution in [0.5, 0.6) is 0 Å². The number of carboxylic acid groups (broad SMARTS) is 1. The van der Waals surface area contributed by atoms with E-state index >= 15 is 0 Å². The molecule has 0 heterocycles. The van der Waals surface area contributed by atoms with Gasteiger partial charge in [-0.1, -0.05) is 24.3 Å². The lowest BCUT2D eigenvalue weighted by Crippen LogP contribution is -2.19. The van der Waals surface area contributed by atoms with Gasteiger partial charge in [-0.3, -0.25) is 4.79 Å². The van der Waals surface area contributed by atoms with Crippen LogP contribution in [0.3, 0.4) is 0 Å². The molecule has 0 spiro atoms. The molecule has 144 valence electrons. The van der Waals surface area contributed by atoms with E-state index in [0.717, 1.165) is 11.1 Å². The van der Waals surface area contributed by atoms with Crippen LogP contribution in [0.2, 0.25) is 0 Å². The topological polar surface area (TPSA) is 113 Å². The second-order valence-corrected chi connectivity index (χ2v) is 8.51.